The van der Waals surface area contributed by atoms with Gasteiger partial charge in [0.1, 0.15) is 0 Å². The number of hydrogen-bond donors (Lipinski definition) is 2. The summed E-state index contributed by atoms with van der Waals surface area (Å²) in [5, 5.41) is 5.95. The maximum atomic E-state index is 11.5. The van der Waals surface area contributed by atoms with Gasteiger partial charge in [-0.25, -0.2) is 4.98 Å². The first-order valence-electron chi connectivity index (χ1n) is 5.47. The highest BCUT2D eigenvalue weighted by Crippen LogP contribution is 1.99. The number of anilines is 1. The van der Waals surface area contributed by atoms with Gasteiger partial charge < -0.3 is 10.6 Å². The zero-order valence-corrected chi connectivity index (χ0v) is 9.73. The summed E-state index contributed by atoms with van der Waals surface area (Å²) in [5.74, 6) is 0.482. The molecule has 0 fully saturated rings. The van der Waals surface area contributed by atoms with E-state index >= 15 is 0 Å². The topological polar surface area (TPSA) is 66.9 Å². The van der Waals surface area contributed by atoms with E-state index in [0.29, 0.717) is 18.3 Å². The Morgan fingerprint density at radius 3 is 2.88 bits per heavy atom. The predicted molar refractivity (Wildman–Crippen MR) is 63.0 cm³/mol. The number of nitrogens with zero attached hydrogens (tertiary/aromatic N) is 2. The van der Waals surface area contributed by atoms with E-state index in [1.807, 2.05) is 0 Å². The molecule has 0 saturated carbocycles. The van der Waals surface area contributed by atoms with Crippen molar-refractivity contribution in [3.05, 3.63) is 18.6 Å². The van der Waals surface area contributed by atoms with Gasteiger partial charge in [0, 0.05) is 24.9 Å². The molecule has 0 bridgehead atoms. The zero-order valence-electron chi connectivity index (χ0n) is 9.73. The van der Waals surface area contributed by atoms with Gasteiger partial charge in [-0.3, -0.25) is 9.78 Å². The van der Waals surface area contributed by atoms with Crippen LogP contribution in [0.25, 0.3) is 0 Å². The molecule has 88 valence electrons. The summed E-state index contributed by atoms with van der Waals surface area (Å²) in [6.07, 6.45) is 5.98. The number of aromatic nitrogens is 2. The van der Waals surface area contributed by atoms with Crippen LogP contribution in [0.1, 0.15) is 26.7 Å². The minimum absolute atomic E-state index is 0.0222. The van der Waals surface area contributed by atoms with Gasteiger partial charge in [-0.2, -0.15) is 0 Å². The van der Waals surface area contributed by atoms with E-state index in [4.69, 9.17) is 0 Å². The highest BCUT2D eigenvalue weighted by atomic mass is 16.1. The fourth-order valence-electron chi connectivity index (χ4n) is 1.21. The van der Waals surface area contributed by atoms with Crippen LogP contribution in [0, 0.1) is 0 Å². The van der Waals surface area contributed by atoms with Crippen LogP contribution in [0.3, 0.4) is 0 Å². The van der Waals surface area contributed by atoms with E-state index in [1.165, 1.54) is 6.20 Å². The SMILES string of the molecule is CC(C)NCCCC(=O)Nc1cnccn1. The lowest BCUT2D eigenvalue weighted by Gasteiger charge is -2.07. The number of rotatable bonds is 6. The monoisotopic (exact) mass is 222 g/mol. The molecule has 0 aromatic carbocycles. The largest absolute Gasteiger partial charge is 0.315 e. The van der Waals surface area contributed by atoms with Crippen LogP contribution in [-0.2, 0) is 4.79 Å². The van der Waals surface area contributed by atoms with Crippen LogP contribution >= 0.6 is 0 Å². The molecule has 5 nitrogen and oxygen atoms in total. The Balaban J connectivity index is 2.17. The molecule has 1 amide bonds. The average Bonchev–Trinajstić information content (AvgIpc) is 2.25. The van der Waals surface area contributed by atoms with Gasteiger partial charge in [0.2, 0.25) is 5.91 Å². The van der Waals surface area contributed by atoms with Gasteiger partial charge in [-0.15, -0.1) is 0 Å². The lowest BCUT2D eigenvalue weighted by Crippen LogP contribution is -2.24. The molecule has 0 saturated heterocycles. The molecule has 1 aromatic heterocycles. The standard InChI is InChI=1S/C11H18N4O/c1-9(2)13-5-3-4-11(16)15-10-8-12-6-7-14-10/h6-9,13H,3-5H2,1-2H3,(H,14,15,16). The number of nitrogens with one attached hydrogen (secondary N) is 2. The van der Waals surface area contributed by atoms with Crippen molar-refractivity contribution in [2.45, 2.75) is 32.7 Å². The molecule has 2 N–H and O–H groups in total. The lowest BCUT2D eigenvalue weighted by atomic mass is 10.2. The van der Waals surface area contributed by atoms with E-state index in [1.54, 1.807) is 12.4 Å². The van der Waals surface area contributed by atoms with E-state index in [2.05, 4.69) is 34.4 Å². The Morgan fingerprint density at radius 1 is 1.44 bits per heavy atom. The molecule has 0 atom stereocenters. The van der Waals surface area contributed by atoms with Crippen molar-refractivity contribution in [2.75, 3.05) is 11.9 Å². The van der Waals surface area contributed by atoms with Crippen molar-refractivity contribution in [1.82, 2.24) is 15.3 Å². The first kappa shape index (κ1) is 12.6. The highest BCUT2D eigenvalue weighted by molar-refractivity contribution is 5.89. The Labute approximate surface area is 95.7 Å². The van der Waals surface area contributed by atoms with Crippen LogP contribution < -0.4 is 10.6 Å². The predicted octanol–water partition coefficient (Wildman–Crippen LogP) is 1.19. The van der Waals surface area contributed by atoms with Crippen molar-refractivity contribution in [3.63, 3.8) is 0 Å². The molecule has 1 heterocycles. The van der Waals surface area contributed by atoms with Gasteiger partial charge >= 0.3 is 0 Å². The van der Waals surface area contributed by atoms with Gasteiger partial charge in [0.05, 0.1) is 6.20 Å². The summed E-state index contributed by atoms with van der Waals surface area (Å²) in [6, 6.07) is 0.461. The third-order valence-corrected chi connectivity index (χ3v) is 1.96. The highest BCUT2D eigenvalue weighted by Gasteiger charge is 2.02. The summed E-state index contributed by atoms with van der Waals surface area (Å²) in [7, 11) is 0. The maximum Gasteiger partial charge on any atom is 0.225 e. The maximum absolute atomic E-state index is 11.5. The molecule has 0 radical (unpaired) electrons. The van der Waals surface area contributed by atoms with Crippen LogP contribution in [0.4, 0.5) is 5.82 Å². The summed E-state index contributed by atoms with van der Waals surface area (Å²) < 4.78 is 0. The van der Waals surface area contributed by atoms with Crippen LogP contribution in [0.2, 0.25) is 0 Å². The number of carbonyl (C=O) groups excluding carboxylic acids is 1. The smallest absolute Gasteiger partial charge is 0.225 e. The van der Waals surface area contributed by atoms with E-state index in [9.17, 15) is 4.79 Å². The molecule has 1 aromatic rings. The second-order valence-electron chi connectivity index (χ2n) is 3.85. The third kappa shape index (κ3) is 5.41. The molecule has 1 rings (SSSR count). The summed E-state index contributed by atoms with van der Waals surface area (Å²) in [6.45, 7) is 5.02. The van der Waals surface area contributed by atoms with E-state index in [0.717, 1.165) is 13.0 Å². The van der Waals surface area contributed by atoms with Crippen molar-refractivity contribution >= 4 is 11.7 Å². The van der Waals surface area contributed by atoms with Gasteiger partial charge in [0.25, 0.3) is 0 Å². The molecule has 0 aliphatic rings. The van der Waals surface area contributed by atoms with Gasteiger partial charge in [-0.05, 0) is 13.0 Å². The van der Waals surface area contributed by atoms with Crippen molar-refractivity contribution in [3.8, 4) is 0 Å². The zero-order chi connectivity index (χ0) is 11.8. The molecule has 0 aliphatic heterocycles. The number of amides is 1. The Hall–Kier alpha value is -1.49. The van der Waals surface area contributed by atoms with Crippen molar-refractivity contribution < 1.29 is 4.79 Å². The molecular weight excluding hydrogens is 204 g/mol. The quantitative estimate of drug-likeness (QED) is 0.710. The lowest BCUT2D eigenvalue weighted by molar-refractivity contribution is -0.116. The Bertz CT molecular complexity index is 313. The van der Waals surface area contributed by atoms with Crippen LogP contribution in [0.15, 0.2) is 18.6 Å². The third-order valence-electron chi connectivity index (χ3n) is 1.96. The molecule has 16 heavy (non-hydrogen) atoms. The Morgan fingerprint density at radius 2 is 2.25 bits per heavy atom. The van der Waals surface area contributed by atoms with E-state index < -0.39 is 0 Å². The van der Waals surface area contributed by atoms with E-state index in [-0.39, 0.29) is 5.91 Å². The fraction of sp³-hybridized carbons (Fsp3) is 0.545. The minimum atomic E-state index is -0.0222. The molecule has 0 spiro atoms. The molecule has 5 heteroatoms. The van der Waals surface area contributed by atoms with Crippen LogP contribution in [-0.4, -0.2) is 28.5 Å². The molecule has 0 aliphatic carbocycles. The second-order valence-corrected chi connectivity index (χ2v) is 3.85. The van der Waals surface area contributed by atoms with Crippen molar-refractivity contribution in [2.24, 2.45) is 0 Å². The second kappa shape index (κ2) is 6.90. The first-order chi connectivity index (χ1) is 7.68. The number of carbonyl (C=O) groups is 1. The van der Waals surface area contributed by atoms with Gasteiger partial charge in [0.15, 0.2) is 5.82 Å². The molecular formula is C11H18N4O. The Kier molecular flexibility index (Phi) is 5.42. The number of hydrogen-bond acceptors (Lipinski definition) is 4. The normalized spacial score (nSPS) is 10.4. The summed E-state index contributed by atoms with van der Waals surface area (Å²) in [4.78, 5) is 19.3. The molecule has 0 unspecified atom stereocenters. The first-order valence-corrected chi connectivity index (χ1v) is 5.47. The minimum Gasteiger partial charge on any atom is -0.315 e. The van der Waals surface area contributed by atoms with Gasteiger partial charge in [-0.1, -0.05) is 13.8 Å². The average molecular weight is 222 g/mol. The summed E-state index contributed by atoms with van der Waals surface area (Å²) >= 11 is 0. The van der Waals surface area contributed by atoms with Crippen molar-refractivity contribution in [1.29, 1.82) is 0 Å². The van der Waals surface area contributed by atoms with Crippen LogP contribution in [0.5, 0.6) is 0 Å². The fourth-order valence-corrected chi connectivity index (χ4v) is 1.21. The summed E-state index contributed by atoms with van der Waals surface area (Å²) in [5.41, 5.74) is 0.